The third-order valence-electron chi connectivity index (χ3n) is 5.24. The van der Waals surface area contributed by atoms with Crippen LogP contribution in [0.3, 0.4) is 0 Å². The van der Waals surface area contributed by atoms with Gasteiger partial charge in [0.1, 0.15) is 6.04 Å². The van der Waals surface area contributed by atoms with Gasteiger partial charge in [-0.1, -0.05) is 23.7 Å². The van der Waals surface area contributed by atoms with E-state index in [1.54, 1.807) is 30.3 Å². The second kappa shape index (κ2) is 9.86. The highest BCUT2D eigenvalue weighted by atomic mass is 35.5. The first-order valence-electron chi connectivity index (χ1n) is 9.61. The summed E-state index contributed by atoms with van der Waals surface area (Å²) in [6, 6.07) is 10.9. The zero-order valence-corrected chi connectivity index (χ0v) is 19.1. The molecule has 1 aliphatic heterocycles. The van der Waals surface area contributed by atoms with Gasteiger partial charge in [-0.15, -0.1) is 0 Å². The molecule has 0 unspecified atom stereocenters. The highest BCUT2D eigenvalue weighted by Crippen LogP contribution is 2.32. The highest BCUT2D eigenvalue weighted by Gasteiger charge is 2.35. The Balaban J connectivity index is 1.78. The average molecular weight is 469 g/mol. The minimum Gasteiger partial charge on any atom is -0.493 e. The Labute approximate surface area is 187 Å². The van der Waals surface area contributed by atoms with E-state index in [-0.39, 0.29) is 18.0 Å². The largest absolute Gasteiger partial charge is 0.493 e. The fourth-order valence-electron chi connectivity index (χ4n) is 3.58. The molecular formula is C21H25ClN2O6S. The Morgan fingerprint density at radius 2 is 1.55 bits per heavy atom. The lowest BCUT2D eigenvalue weighted by Crippen LogP contribution is -2.51. The fourth-order valence-corrected chi connectivity index (χ4v) is 5.14. The topological polar surface area (TPSA) is 85.4 Å². The number of esters is 1. The van der Waals surface area contributed by atoms with Gasteiger partial charge < -0.3 is 14.2 Å². The van der Waals surface area contributed by atoms with Crippen molar-refractivity contribution in [1.29, 1.82) is 0 Å². The van der Waals surface area contributed by atoms with Crippen molar-refractivity contribution in [3.63, 3.8) is 0 Å². The van der Waals surface area contributed by atoms with Gasteiger partial charge in [-0.25, -0.2) is 13.2 Å². The van der Waals surface area contributed by atoms with Crippen molar-refractivity contribution >= 4 is 27.6 Å². The van der Waals surface area contributed by atoms with Crippen LogP contribution in [0, 0.1) is 0 Å². The minimum atomic E-state index is -3.73. The van der Waals surface area contributed by atoms with Crippen LogP contribution in [0.1, 0.15) is 11.6 Å². The Kier molecular flexibility index (Phi) is 7.42. The van der Waals surface area contributed by atoms with Crippen molar-refractivity contribution in [2.75, 3.05) is 47.5 Å². The molecule has 1 heterocycles. The second-order valence-corrected chi connectivity index (χ2v) is 9.31. The maximum atomic E-state index is 13.1. The summed E-state index contributed by atoms with van der Waals surface area (Å²) in [6.07, 6.45) is 0. The van der Waals surface area contributed by atoms with Crippen LogP contribution in [-0.4, -0.2) is 71.1 Å². The van der Waals surface area contributed by atoms with Crippen LogP contribution in [0.25, 0.3) is 0 Å². The van der Waals surface area contributed by atoms with Crippen molar-refractivity contribution < 1.29 is 27.4 Å². The Morgan fingerprint density at radius 1 is 0.935 bits per heavy atom. The number of hydrogen-bond donors (Lipinski definition) is 0. The summed E-state index contributed by atoms with van der Waals surface area (Å²) >= 11 is 5.96. The van der Waals surface area contributed by atoms with Crippen LogP contribution >= 0.6 is 11.6 Å². The van der Waals surface area contributed by atoms with Gasteiger partial charge in [-0.05, 0) is 29.8 Å². The first-order chi connectivity index (χ1) is 14.8. The summed E-state index contributed by atoms with van der Waals surface area (Å²) < 4.78 is 43.1. The highest BCUT2D eigenvalue weighted by molar-refractivity contribution is 7.89. The number of nitrogens with zero attached hydrogens (tertiary/aromatic N) is 2. The fraction of sp³-hybridized carbons (Fsp3) is 0.381. The van der Waals surface area contributed by atoms with Gasteiger partial charge in [0.05, 0.1) is 26.2 Å². The van der Waals surface area contributed by atoms with Gasteiger partial charge >= 0.3 is 5.97 Å². The summed E-state index contributed by atoms with van der Waals surface area (Å²) in [4.78, 5) is 14.5. The molecule has 0 radical (unpaired) electrons. The van der Waals surface area contributed by atoms with E-state index in [2.05, 4.69) is 0 Å². The van der Waals surface area contributed by atoms with Crippen LogP contribution in [-0.2, 0) is 19.6 Å². The molecule has 1 aliphatic rings. The van der Waals surface area contributed by atoms with Crippen LogP contribution in [0.2, 0.25) is 5.02 Å². The summed E-state index contributed by atoms with van der Waals surface area (Å²) in [5.41, 5.74) is 0.743. The lowest BCUT2D eigenvalue weighted by atomic mass is 10.0. The number of carbonyl (C=O) groups excluding carboxylic acids is 1. The molecule has 0 saturated carbocycles. The van der Waals surface area contributed by atoms with Crippen LogP contribution in [0.5, 0.6) is 11.5 Å². The number of piperazine rings is 1. The maximum absolute atomic E-state index is 13.1. The van der Waals surface area contributed by atoms with Crippen molar-refractivity contribution in [2.45, 2.75) is 10.9 Å². The zero-order valence-electron chi connectivity index (χ0n) is 17.6. The number of ether oxygens (including phenoxy) is 3. The van der Waals surface area contributed by atoms with Gasteiger partial charge in [0.25, 0.3) is 0 Å². The molecule has 0 N–H and O–H groups in total. The number of benzene rings is 2. The predicted molar refractivity (Wildman–Crippen MR) is 116 cm³/mol. The van der Waals surface area contributed by atoms with Gasteiger partial charge in [0, 0.05) is 37.3 Å². The third-order valence-corrected chi connectivity index (χ3v) is 7.39. The first kappa shape index (κ1) is 23.3. The number of rotatable bonds is 7. The van der Waals surface area contributed by atoms with Gasteiger partial charge in [-0.2, -0.15) is 4.31 Å². The van der Waals surface area contributed by atoms with E-state index in [0.29, 0.717) is 29.6 Å². The van der Waals surface area contributed by atoms with Crippen molar-refractivity contribution in [2.24, 2.45) is 0 Å². The molecule has 168 valence electrons. The number of sulfonamides is 1. The molecule has 1 saturated heterocycles. The number of hydrogen-bond acceptors (Lipinski definition) is 7. The normalized spacial score (nSPS) is 16.5. The lowest BCUT2D eigenvalue weighted by Gasteiger charge is -2.37. The van der Waals surface area contributed by atoms with E-state index in [4.69, 9.17) is 25.8 Å². The van der Waals surface area contributed by atoms with E-state index in [1.807, 2.05) is 4.90 Å². The molecule has 8 nitrogen and oxygen atoms in total. The number of halogens is 1. The minimum absolute atomic E-state index is 0.126. The van der Waals surface area contributed by atoms with Gasteiger partial charge in [-0.3, -0.25) is 4.90 Å². The second-order valence-electron chi connectivity index (χ2n) is 6.93. The standard InChI is InChI=1S/C21H25ClN2O6S/c1-28-18-9-8-17(14-19(18)29-2)31(26,27)24-12-10-23(11-13-24)20(21(25)30-3)15-4-6-16(22)7-5-15/h4-9,14,20H,10-13H2,1-3H3/t20-/m0/s1. The molecule has 1 fully saturated rings. The molecule has 2 aromatic rings. The van der Waals surface area contributed by atoms with Crippen molar-refractivity contribution in [3.05, 3.63) is 53.1 Å². The lowest BCUT2D eigenvalue weighted by molar-refractivity contribution is -0.147. The zero-order chi connectivity index (χ0) is 22.6. The van der Waals surface area contributed by atoms with Crippen LogP contribution < -0.4 is 9.47 Å². The summed E-state index contributed by atoms with van der Waals surface area (Å²) in [7, 11) is 0.554. The molecule has 10 heteroatoms. The van der Waals surface area contributed by atoms with E-state index >= 15 is 0 Å². The Hall–Kier alpha value is -2.33. The number of carbonyl (C=O) groups is 1. The van der Waals surface area contributed by atoms with E-state index in [9.17, 15) is 13.2 Å². The molecule has 0 amide bonds. The summed E-state index contributed by atoms with van der Waals surface area (Å²) in [6.45, 7) is 1.21. The Morgan fingerprint density at radius 3 is 2.10 bits per heavy atom. The monoisotopic (exact) mass is 468 g/mol. The first-order valence-corrected chi connectivity index (χ1v) is 11.4. The van der Waals surface area contributed by atoms with Crippen LogP contribution in [0.15, 0.2) is 47.4 Å². The van der Waals surface area contributed by atoms with E-state index in [0.717, 1.165) is 5.56 Å². The Bertz CT molecular complexity index is 1020. The molecule has 0 aliphatic carbocycles. The van der Waals surface area contributed by atoms with Gasteiger partial charge in [0.15, 0.2) is 11.5 Å². The smallest absolute Gasteiger partial charge is 0.327 e. The van der Waals surface area contributed by atoms with Crippen molar-refractivity contribution in [1.82, 2.24) is 9.21 Å². The third kappa shape index (κ3) is 4.95. The molecular weight excluding hydrogens is 444 g/mol. The molecule has 3 rings (SSSR count). The SMILES string of the molecule is COC(=O)[C@H](c1ccc(Cl)cc1)N1CCN(S(=O)(=O)c2ccc(OC)c(OC)c2)CC1. The summed E-state index contributed by atoms with van der Waals surface area (Å²) in [5, 5.41) is 0.568. The maximum Gasteiger partial charge on any atom is 0.327 e. The van der Waals surface area contributed by atoms with Crippen molar-refractivity contribution in [3.8, 4) is 11.5 Å². The number of methoxy groups -OCH3 is 3. The van der Waals surface area contributed by atoms with Gasteiger partial charge in [0.2, 0.25) is 10.0 Å². The van der Waals surface area contributed by atoms with Crippen LogP contribution in [0.4, 0.5) is 0 Å². The predicted octanol–water partition coefficient (Wildman–Crippen LogP) is 2.58. The molecule has 31 heavy (non-hydrogen) atoms. The molecule has 0 aromatic heterocycles. The quantitative estimate of drug-likeness (QED) is 0.577. The van der Waals surface area contributed by atoms with E-state index in [1.165, 1.54) is 37.8 Å². The average Bonchev–Trinajstić information content (AvgIpc) is 2.80. The summed E-state index contributed by atoms with van der Waals surface area (Å²) in [5.74, 6) is 0.393. The van der Waals surface area contributed by atoms with E-state index < -0.39 is 22.0 Å². The molecule has 2 aromatic carbocycles. The molecule has 0 spiro atoms. The molecule has 1 atom stereocenters. The molecule has 0 bridgehead atoms.